The zero-order chi connectivity index (χ0) is 23.8. The molecule has 0 aliphatic carbocycles. The molecule has 0 spiro atoms. The molecule has 33 heavy (non-hydrogen) atoms. The fourth-order valence-corrected chi connectivity index (χ4v) is 4.95. The van der Waals surface area contributed by atoms with Gasteiger partial charge in [-0.1, -0.05) is 41.9 Å². The summed E-state index contributed by atoms with van der Waals surface area (Å²) >= 11 is 6.06. The summed E-state index contributed by atoms with van der Waals surface area (Å²) in [5.74, 6) is -0.108. The highest BCUT2D eigenvalue weighted by molar-refractivity contribution is 7.92. The average Bonchev–Trinajstić information content (AvgIpc) is 2.78. The predicted octanol–water partition coefficient (Wildman–Crippen LogP) is 3.34. The first-order chi connectivity index (χ1) is 15.7. The van der Waals surface area contributed by atoms with E-state index in [2.05, 4.69) is 22.3 Å². The molecule has 9 heteroatoms. The molecule has 1 amide bonds. The summed E-state index contributed by atoms with van der Waals surface area (Å²) < 4.78 is 31.3. The molecule has 0 radical (unpaired) electrons. The van der Waals surface area contributed by atoms with Crippen LogP contribution in [0.2, 0.25) is 5.02 Å². The summed E-state index contributed by atoms with van der Waals surface area (Å²) in [6.45, 7) is 6.86. The largest absolute Gasteiger partial charge is 0.379 e. The second kappa shape index (κ2) is 11.8. The summed E-state index contributed by atoms with van der Waals surface area (Å²) in [4.78, 5) is 14.7. The highest BCUT2D eigenvalue weighted by Gasteiger charge is 2.20. The molecule has 0 atom stereocenters. The van der Waals surface area contributed by atoms with Gasteiger partial charge < -0.3 is 10.1 Å². The standard InChI is InChI=1S/C24H32ClN3O4S/c1-19-5-10-22(25)16-23(19)28(33(2,30)31)11-3-4-24(29)26-17-20-6-8-21(9-7-20)18-27-12-14-32-15-13-27/h5-10,16H,3-4,11-15,17-18H2,1-2H3,(H,26,29). The lowest BCUT2D eigenvalue weighted by Gasteiger charge is -2.26. The van der Waals surface area contributed by atoms with Crippen LogP contribution in [0, 0.1) is 6.92 Å². The van der Waals surface area contributed by atoms with E-state index in [4.69, 9.17) is 16.3 Å². The van der Waals surface area contributed by atoms with Crippen LogP contribution in [0.1, 0.15) is 29.5 Å². The number of amides is 1. The highest BCUT2D eigenvalue weighted by Crippen LogP contribution is 2.26. The maximum atomic E-state index is 12.3. The van der Waals surface area contributed by atoms with E-state index < -0.39 is 10.0 Å². The van der Waals surface area contributed by atoms with Gasteiger partial charge in [0.2, 0.25) is 15.9 Å². The predicted molar refractivity (Wildman–Crippen MR) is 132 cm³/mol. The van der Waals surface area contributed by atoms with Gasteiger partial charge in [0.05, 0.1) is 25.2 Å². The van der Waals surface area contributed by atoms with Gasteiger partial charge in [-0.2, -0.15) is 0 Å². The number of halogens is 1. The van der Waals surface area contributed by atoms with Crippen molar-refractivity contribution in [2.75, 3.05) is 43.4 Å². The zero-order valence-corrected chi connectivity index (χ0v) is 20.8. The van der Waals surface area contributed by atoms with E-state index in [0.29, 0.717) is 23.7 Å². The van der Waals surface area contributed by atoms with Crippen LogP contribution in [0.5, 0.6) is 0 Å². The summed E-state index contributed by atoms with van der Waals surface area (Å²) in [5.41, 5.74) is 3.62. The first-order valence-electron chi connectivity index (χ1n) is 11.1. The number of hydrogen-bond donors (Lipinski definition) is 1. The van der Waals surface area contributed by atoms with Crippen LogP contribution in [0.3, 0.4) is 0 Å². The molecule has 0 aromatic heterocycles. The molecule has 2 aromatic rings. The number of benzene rings is 2. The quantitative estimate of drug-likeness (QED) is 0.549. The minimum absolute atomic E-state index is 0.108. The molecule has 1 fully saturated rings. The van der Waals surface area contributed by atoms with Crippen LogP contribution < -0.4 is 9.62 Å². The molecule has 2 aromatic carbocycles. The minimum Gasteiger partial charge on any atom is -0.379 e. The molecule has 180 valence electrons. The molecule has 7 nitrogen and oxygen atoms in total. The lowest BCUT2D eigenvalue weighted by molar-refractivity contribution is -0.121. The lowest BCUT2D eigenvalue weighted by Crippen LogP contribution is -2.35. The maximum absolute atomic E-state index is 12.3. The third-order valence-corrected chi connectivity index (χ3v) is 7.04. The molecule has 1 N–H and O–H groups in total. The Labute approximate surface area is 201 Å². The van der Waals surface area contributed by atoms with Crippen molar-refractivity contribution in [1.29, 1.82) is 0 Å². The Kier molecular flexibility index (Phi) is 9.14. The summed E-state index contributed by atoms with van der Waals surface area (Å²) in [7, 11) is -3.49. The fourth-order valence-electron chi connectivity index (χ4n) is 3.77. The molecule has 1 aliphatic rings. The Morgan fingerprint density at radius 3 is 2.45 bits per heavy atom. The molecule has 0 unspecified atom stereocenters. The van der Waals surface area contributed by atoms with E-state index in [1.54, 1.807) is 18.2 Å². The van der Waals surface area contributed by atoms with Gasteiger partial charge in [-0.3, -0.25) is 14.0 Å². The van der Waals surface area contributed by atoms with Crippen LogP contribution in [0.15, 0.2) is 42.5 Å². The van der Waals surface area contributed by atoms with Gasteiger partial charge in [0.15, 0.2) is 0 Å². The van der Waals surface area contributed by atoms with Gasteiger partial charge >= 0.3 is 0 Å². The maximum Gasteiger partial charge on any atom is 0.232 e. The summed E-state index contributed by atoms with van der Waals surface area (Å²) in [5, 5.41) is 3.39. The van der Waals surface area contributed by atoms with E-state index >= 15 is 0 Å². The van der Waals surface area contributed by atoms with Gasteiger partial charge in [-0.15, -0.1) is 0 Å². The lowest BCUT2D eigenvalue weighted by atomic mass is 10.1. The number of sulfonamides is 1. The Morgan fingerprint density at radius 2 is 1.79 bits per heavy atom. The number of nitrogens with zero attached hydrogens (tertiary/aromatic N) is 2. The first kappa shape index (κ1) is 25.5. The van der Waals surface area contributed by atoms with Crippen molar-refractivity contribution in [3.8, 4) is 0 Å². The molecule has 3 rings (SSSR count). The van der Waals surface area contributed by atoms with E-state index in [0.717, 1.165) is 50.2 Å². The molecule has 1 saturated heterocycles. The number of nitrogens with one attached hydrogen (secondary N) is 1. The number of carbonyl (C=O) groups is 1. The third kappa shape index (κ3) is 7.99. The second-order valence-corrected chi connectivity index (χ2v) is 10.7. The number of anilines is 1. The Hall–Kier alpha value is -2.13. The average molecular weight is 494 g/mol. The molecule has 0 bridgehead atoms. The van der Waals surface area contributed by atoms with Crippen molar-refractivity contribution in [2.24, 2.45) is 0 Å². The van der Waals surface area contributed by atoms with Gasteiger partial charge in [-0.25, -0.2) is 8.42 Å². The smallest absolute Gasteiger partial charge is 0.232 e. The van der Waals surface area contributed by atoms with Crippen molar-refractivity contribution in [2.45, 2.75) is 32.9 Å². The first-order valence-corrected chi connectivity index (χ1v) is 13.3. The fraction of sp³-hybridized carbons (Fsp3) is 0.458. The van der Waals surface area contributed by atoms with Crippen LogP contribution >= 0.6 is 11.6 Å². The normalized spacial score (nSPS) is 14.8. The topological polar surface area (TPSA) is 79.0 Å². The Morgan fingerprint density at radius 1 is 1.12 bits per heavy atom. The molecular weight excluding hydrogens is 462 g/mol. The zero-order valence-electron chi connectivity index (χ0n) is 19.2. The molecule has 1 heterocycles. The minimum atomic E-state index is -3.49. The highest BCUT2D eigenvalue weighted by atomic mass is 35.5. The van der Waals surface area contributed by atoms with E-state index in [-0.39, 0.29) is 18.9 Å². The van der Waals surface area contributed by atoms with Crippen LogP contribution in [0.25, 0.3) is 0 Å². The van der Waals surface area contributed by atoms with Crippen LogP contribution in [-0.2, 0) is 32.6 Å². The van der Waals surface area contributed by atoms with Crippen LogP contribution in [0.4, 0.5) is 5.69 Å². The monoisotopic (exact) mass is 493 g/mol. The van der Waals surface area contributed by atoms with Gasteiger partial charge in [0.25, 0.3) is 0 Å². The van der Waals surface area contributed by atoms with Gasteiger partial charge in [0.1, 0.15) is 0 Å². The molecule has 1 aliphatic heterocycles. The van der Waals surface area contributed by atoms with Crippen molar-refractivity contribution < 1.29 is 17.9 Å². The number of morpholine rings is 1. The van der Waals surface area contributed by atoms with E-state index in [9.17, 15) is 13.2 Å². The number of carbonyl (C=O) groups excluding carboxylic acids is 1. The second-order valence-electron chi connectivity index (χ2n) is 8.35. The summed E-state index contributed by atoms with van der Waals surface area (Å²) in [6, 6.07) is 13.4. The molecule has 0 saturated carbocycles. The number of ether oxygens (including phenoxy) is 1. The number of hydrogen-bond acceptors (Lipinski definition) is 5. The Balaban J connectivity index is 1.46. The van der Waals surface area contributed by atoms with E-state index in [1.807, 2.05) is 19.1 Å². The SMILES string of the molecule is Cc1ccc(Cl)cc1N(CCCC(=O)NCc1ccc(CN2CCOCC2)cc1)S(C)(=O)=O. The Bertz CT molecular complexity index is 1040. The van der Waals surface area contributed by atoms with Gasteiger partial charge in [-0.05, 0) is 42.2 Å². The number of rotatable bonds is 10. The third-order valence-electron chi connectivity index (χ3n) is 5.63. The van der Waals surface area contributed by atoms with Gasteiger partial charge in [0, 0.05) is 44.2 Å². The van der Waals surface area contributed by atoms with Crippen molar-refractivity contribution in [3.05, 3.63) is 64.2 Å². The van der Waals surface area contributed by atoms with Crippen molar-refractivity contribution in [3.63, 3.8) is 0 Å². The summed E-state index contributed by atoms with van der Waals surface area (Å²) in [6.07, 6.45) is 1.81. The molecular formula is C24H32ClN3O4S. The number of aryl methyl sites for hydroxylation is 1. The van der Waals surface area contributed by atoms with E-state index in [1.165, 1.54) is 9.87 Å². The van der Waals surface area contributed by atoms with Crippen molar-refractivity contribution in [1.82, 2.24) is 10.2 Å². The van der Waals surface area contributed by atoms with Crippen LogP contribution in [-0.4, -0.2) is 58.3 Å². The van der Waals surface area contributed by atoms with Crippen molar-refractivity contribution >= 4 is 33.2 Å².